The lowest BCUT2D eigenvalue weighted by molar-refractivity contribution is -0.141. The van der Waals surface area contributed by atoms with E-state index in [-0.39, 0.29) is 15.9 Å². The molecule has 0 spiro atoms. The van der Waals surface area contributed by atoms with Gasteiger partial charge in [0.05, 0.1) is 5.52 Å². The van der Waals surface area contributed by atoms with Gasteiger partial charge in [0.15, 0.2) is 0 Å². The van der Waals surface area contributed by atoms with Gasteiger partial charge in [-0.15, -0.1) is 0 Å². The lowest BCUT2D eigenvalue weighted by Gasteiger charge is -2.08. The fraction of sp³-hybridized carbons (Fsp3) is 0.100. The fourth-order valence-electron chi connectivity index (χ4n) is 1.33. The fourth-order valence-corrected chi connectivity index (χ4v) is 1.49. The van der Waals surface area contributed by atoms with Crippen molar-refractivity contribution in [1.82, 2.24) is 4.98 Å². The van der Waals surface area contributed by atoms with Gasteiger partial charge in [0.1, 0.15) is 11.4 Å². The topological polar surface area (TPSA) is 33.1 Å². The largest absolute Gasteiger partial charge is 0.507 e. The highest BCUT2D eigenvalue weighted by Crippen LogP contribution is 2.34. The second-order valence-corrected chi connectivity index (χ2v) is 3.62. The summed E-state index contributed by atoms with van der Waals surface area (Å²) in [5, 5.41) is 9.92. The van der Waals surface area contributed by atoms with E-state index in [9.17, 15) is 18.3 Å². The van der Waals surface area contributed by atoms with E-state index in [1.54, 1.807) is 0 Å². The molecule has 1 aromatic heterocycles. The van der Waals surface area contributed by atoms with Crippen molar-refractivity contribution in [2.75, 3.05) is 0 Å². The molecule has 0 saturated carbocycles. The predicted octanol–water partition coefficient (Wildman–Crippen LogP) is 3.61. The zero-order valence-corrected chi connectivity index (χ0v) is 8.47. The molecule has 84 valence electrons. The van der Waals surface area contributed by atoms with E-state index in [1.807, 2.05) is 0 Å². The Balaban J connectivity index is 2.75. The smallest absolute Gasteiger partial charge is 0.433 e. The molecule has 0 aliphatic heterocycles. The standard InChI is InChI=1S/C10H5ClF3NO/c11-5-1-2-6-7(3-5)15-9(4-8(6)16)10(12,13)14/h1-4H,(H,15,16). The summed E-state index contributed by atoms with van der Waals surface area (Å²) in [4.78, 5) is 3.40. The van der Waals surface area contributed by atoms with Crippen LogP contribution in [0.15, 0.2) is 24.3 Å². The molecular formula is C10H5ClF3NO. The SMILES string of the molecule is Oc1cc(C(F)(F)F)nc2cc(Cl)ccc12. The summed E-state index contributed by atoms with van der Waals surface area (Å²) in [7, 11) is 0. The van der Waals surface area contributed by atoms with Crippen LogP contribution < -0.4 is 0 Å². The average Bonchev–Trinajstić information content (AvgIpc) is 2.15. The van der Waals surface area contributed by atoms with Gasteiger partial charge in [-0.2, -0.15) is 13.2 Å². The van der Waals surface area contributed by atoms with Crippen LogP contribution in [0.25, 0.3) is 10.9 Å². The molecule has 1 N–H and O–H groups in total. The lowest BCUT2D eigenvalue weighted by atomic mass is 10.2. The van der Waals surface area contributed by atoms with Crippen molar-refractivity contribution in [2.24, 2.45) is 0 Å². The van der Waals surface area contributed by atoms with E-state index in [1.165, 1.54) is 18.2 Å². The van der Waals surface area contributed by atoms with Gasteiger partial charge < -0.3 is 5.11 Å². The van der Waals surface area contributed by atoms with Crippen LogP contribution in [0.2, 0.25) is 5.02 Å². The highest BCUT2D eigenvalue weighted by Gasteiger charge is 2.33. The van der Waals surface area contributed by atoms with Crippen molar-refractivity contribution in [3.63, 3.8) is 0 Å². The minimum absolute atomic E-state index is 0.0137. The Hall–Kier alpha value is -1.49. The highest BCUT2D eigenvalue weighted by molar-refractivity contribution is 6.31. The Morgan fingerprint density at radius 2 is 1.88 bits per heavy atom. The highest BCUT2D eigenvalue weighted by atomic mass is 35.5. The molecule has 0 atom stereocenters. The molecule has 0 saturated heterocycles. The number of aromatic hydroxyl groups is 1. The van der Waals surface area contributed by atoms with Gasteiger partial charge in [0.25, 0.3) is 0 Å². The first kappa shape index (κ1) is 11.0. The number of pyridine rings is 1. The van der Waals surface area contributed by atoms with E-state index >= 15 is 0 Å². The number of halogens is 4. The van der Waals surface area contributed by atoms with Gasteiger partial charge >= 0.3 is 6.18 Å². The molecule has 1 aromatic carbocycles. The second kappa shape index (κ2) is 3.52. The third-order valence-electron chi connectivity index (χ3n) is 2.04. The summed E-state index contributed by atoms with van der Waals surface area (Å²) in [6.07, 6.45) is -4.59. The summed E-state index contributed by atoms with van der Waals surface area (Å²) in [6.45, 7) is 0. The number of alkyl halides is 3. The van der Waals surface area contributed by atoms with Gasteiger partial charge in [-0.25, -0.2) is 4.98 Å². The number of aromatic nitrogens is 1. The van der Waals surface area contributed by atoms with Crippen molar-refractivity contribution in [3.8, 4) is 5.75 Å². The van der Waals surface area contributed by atoms with Crippen LogP contribution in [0, 0.1) is 0 Å². The number of hydrogen-bond acceptors (Lipinski definition) is 2. The minimum Gasteiger partial charge on any atom is -0.507 e. The number of hydrogen-bond donors (Lipinski definition) is 1. The number of fused-ring (bicyclic) bond motifs is 1. The molecule has 0 fully saturated rings. The quantitative estimate of drug-likeness (QED) is 0.771. The van der Waals surface area contributed by atoms with E-state index in [0.29, 0.717) is 6.07 Å². The molecule has 0 aliphatic carbocycles. The van der Waals surface area contributed by atoms with Crippen LogP contribution in [-0.4, -0.2) is 10.1 Å². The zero-order chi connectivity index (χ0) is 11.9. The molecule has 0 unspecified atom stereocenters. The predicted molar refractivity (Wildman–Crippen MR) is 53.4 cm³/mol. The van der Waals surface area contributed by atoms with Crippen LogP contribution in [0.5, 0.6) is 5.75 Å². The van der Waals surface area contributed by atoms with Crippen molar-refractivity contribution in [1.29, 1.82) is 0 Å². The third-order valence-corrected chi connectivity index (χ3v) is 2.28. The van der Waals surface area contributed by atoms with Gasteiger partial charge in [0.2, 0.25) is 0 Å². The lowest BCUT2D eigenvalue weighted by Crippen LogP contribution is -2.07. The molecule has 0 amide bonds. The van der Waals surface area contributed by atoms with Crippen molar-refractivity contribution < 1.29 is 18.3 Å². The van der Waals surface area contributed by atoms with Crippen LogP contribution >= 0.6 is 11.6 Å². The van der Waals surface area contributed by atoms with Gasteiger partial charge in [-0.3, -0.25) is 0 Å². The maximum Gasteiger partial charge on any atom is 0.433 e. The third kappa shape index (κ3) is 1.90. The Morgan fingerprint density at radius 3 is 2.50 bits per heavy atom. The number of rotatable bonds is 0. The van der Waals surface area contributed by atoms with E-state index < -0.39 is 17.6 Å². The summed E-state index contributed by atoms with van der Waals surface area (Å²) in [5.74, 6) is -0.464. The second-order valence-electron chi connectivity index (χ2n) is 3.19. The number of nitrogens with zero attached hydrogens (tertiary/aromatic N) is 1. The molecule has 2 aromatic rings. The maximum atomic E-state index is 12.4. The van der Waals surface area contributed by atoms with Crippen LogP contribution in [-0.2, 0) is 6.18 Å². The Labute approximate surface area is 93.3 Å². The molecule has 1 heterocycles. The number of benzene rings is 1. The molecule has 6 heteroatoms. The Morgan fingerprint density at radius 1 is 1.19 bits per heavy atom. The van der Waals surface area contributed by atoms with Crippen LogP contribution in [0.4, 0.5) is 13.2 Å². The normalized spacial score (nSPS) is 12.0. The summed E-state index contributed by atoms with van der Waals surface area (Å²) in [6, 6.07) is 4.75. The van der Waals surface area contributed by atoms with Crippen molar-refractivity contribution in [3.05, 3.63) is 35.0 Å². The average molecular weight is 248 g/mol. The molecule has 0 radical (unpaired) electrons. The van der Waals surface area contributed by atoms with Crippen molar-refractivity contribution >= 4 is 22.5 Å². The van der Waals surface area contributed by atoms with Crippen LogP contribution in [0.1, 0.15) is 5.69 Å². The molecule has 2 rings (SSSR count). The zero-order valence-electron chi connectivity index (χ0n) is 7.72. The monoisotopic (exact) mass is 247 g/mol. The summed E-state index contributed by atoms with van der Waals surface area (Å²) in [5.41, 5.74) is -1.13. The van der Waals surface area contributed by atoms with Gasteiger partial charge in [0, 0.05) is 16.5 Å². The molecule has 16 heavy (non-hydrogen) atoms. The van der Waals surface area contributed by atoms with Crippen LogP contribution in [0.3, 0.4) is 0 Å². The Bertz CT molecular complexity index is 553. The first-order chi connectivity index (χ1) is 7.38. The Kier molecular flexibility index (Phi) is 2.42. The maximum absolute atomic E-state index is 12.4. The molecular weight excluding hydrogens is 243 g/mol. The molecule has 0 aliphatic rings. The van der Waals surface area contributed by atoms with E-state index in [4.69, 9.17) is 11.6 Å². The molecule has 0 bridgehead atoms. The minimum atomic E-state index is -4.59. The first-order valence-corrected chi connectivity index (χ1v) is 4.62. The summed E-state index contributed by atoms with van der Waals surface area (Å²) >= 11 is 5.63. The first-order valence-electron chi connectivity index (χ1n) is 4.24. The molecule has 2 nitrogen and oxygen atoms in total. The van der Waals surface area contributed by atoms with Gasteiger partial charge in [-0.1, -0.05) is 11.6 Å². The van der Waals surface area contributed by atoms with Crippen molar-refractivity contribution in [2.45, 2.75) is 6.18 Å². The van der Waals surface area contributed by atoms with Gasteiger partial charge in [-0.05, 0) is 18.2 Å². The summed E-state index contributed by atoms with van der Waals surface area (Å²) < 4.78 is 37.2. The van der Waals surface area contributed by atoms with E-state index in [0.717, 1.165) is 0 Å². The van der Waals surface area contributed by atoms with E-state index in [2.05, 4.69) is 4.98 Å².